The molecule has 0 bridgehead atoms. The summed E-state index contributed by atoms with van der Waals surface area (Å²) in [4.78, 5) is 21.8. The number of hydrogen-bond acceptors (Lipinski definition) is 4. The Bertz CT molecular complexity index is 481. The Morgan fingerprint density at radius 3 is 2.76 bits per heavy atom. The van der Waals surface area contributed by atoms with Gasteiger partial charge in [0.1, 0.15) is 18.7 Å². The van der Waals surface area contributed by atoms with Crippen LogP contribution in [-0.4, -0.2) is 58.2 Å². The number of rotatable bonds is 6. The van der Waals surface area contributed by atoms with Gasteiger partial charge in [0.05, 0.1) is 6.54 Å². The van der Waals surface area contributed by atoms with E-state index in [1.165, 1.54) is 11.2 Å². The van der Waals surface area contributed by atoms with Crippen molar-refractivity contribution in [1.29, 1.82) is 0 Å². The van der Waals surface area contributed by atoms with Gasteiger partial charge in [0.25, 0.3) is 0 Å². The molecule has 2 N–H and O–H groups in total. The Balaban J connectivity index is 2.67. The maximum atomic E-state index is 11.6. The number of amides is 1. The molecule has 1 atom stereocenters. The fourth-order valence-electron chi connectivity index (χ4n) is 1.42. The zero-order valence-corrected chi connectivity index (χ0v) is 13.4. The third-order valence-corrected chi connectivity index (χ3v) is 3.09. The monoisotopic (exact) mass is 295 g/mol. The van der Waals surface area contributed by atoms with Crippen LogP contribution in [0.3, 0.4) is 0 Å². The smallest absolute Gasteiger partial charge is 0.241 e. The van der Waals surface area contributed by atoms with Crippen molar-refractivity contribution in [2.45, 2.75) is 32.9 Å². The van der Waals surface area contributed by atoms with Crippen LogP contribution in [0.15, 0.2) is 11.3 Å². The highest BCUT2D eigenvalue weighted by atomic mass is 16.2. The van der Waals surface area contributed by atoms with Gasteiger partial charge in [-0.1, -0.05) is 6.92 Å². The largest absolute Gasteiger partial charge is 0.354 e. The SMILES string of the molecule is CCC(C)NC(=NCc1ncnn1C)NCC(=O)N(C)C. The second-order valence-corrected chi connectivity index (χ2v) is 5.06. The van der Waals surface area contributed by atoms with E-state index in [-0.39, 0.29) is 18.5 Å². The number of likely N-dealkylation sites (N-methyl/N-ethyl adjacent to an activating group) is 1. The molecular formula is C13H25N7O. The van der Waals surface area contributed by atoms with E-state index in [2.05, 4.69) is 39.6 Å². The quantitative estimate of drug-likeness (QED) is 0.557. The number of nitrogens with one attached hydrogen (secondary N) is 2. The van der Waals surface area contributed by atoms with E-state index in [9.17, 15) is 4.79 Å². The van der Waals surface area contributed by atoms with Crippen molar-refractivity contribution in [2.75, 3.05) is 20.6 Å². The molecule has 0 aliphatic carbocycles. The van der Waals surface area contributed by atoms with E-state index in [4.69, 9.17) is 0 Å². The second kappa shape index (κ2) is 8.23. The summed E-state index contributed by atoms with van der Waals surface area (Å²) in [7, 11) is 5.27. The van der Waals surface area contributed by atoms with Crippen LogP contribution in [0.5, 0.6) is 0 Å². The number of aryl methyl sites for hydroxylation is 1. The summed E-state index contributed by atoms with van der Waals surface area (Å²) in [6.07, 6.45) is 2.46. The molecule has 1 aromatic rings. The molecule has 0 saturated carbocycles. The van der Waals surface area contributed by atoms with Crippen LogP contribution in [0, 0.1) is 0 Å². The summed E-state index contributed by atoms with van der Waals surface area (Å²) in [5.74, 6) is 1.36. The topological polar surface area (TPSA) is 87.4 Å². The lowest BCUT2D eigenvalue weighted by Gasteiger charge is -2.18. The highest BCUT2D eigenvalue weighted by molar-refractivity contribution is 5.86. The third kappa shape index (κ3) is 5.80. The summed E-state index contributed by atoms with van der Waals surface area (Å²) in [6.45, 7) is 4.75. The Morgan fingerprint density at radius 2 is 2.24 bits per heavy atom. The van der Waals surface area contributed by atoms with Gasteiger partial charge in [-0.15, -0.1) is 0 Å². The molecule has 0 aliphatic heterocycles. The van der Waals surface area contributed by atoms with E-state index in [1.54, 1.807) is 18.8 Å². The van der Waals surface area contributed by atoms with Crippen LogP contribution in [0.25, 0.3) is 0 Å². The molecule has 0 spiro atoms. The number of nitrogens with zero attached hydrogens (tertiary/aromatic N) is 5. The zero-order valence-electron chi connectivity index (χ0n) is 13.4. The van der Waals surface area contributed by atoms with Crippen molar-refractivity contribution in [3.8, 4) is 0 Å². The van der Waals surface area contributed by atoms with Gasteiger partial charge in [0, 0.05) is 27.2 Å². The molecule has 1 rings (SSSR count). The van der Waals surface area contributed by atoms with Gasteiger partial charge >= 0.3 is 0 Å². The Hall–Kier alpha value is -2.12. The molecule has 0 aliphatic rings. The van der Waals surface area contributed by atoms with Gasteiger partial charge in [0.15, 0.2) is 5.96 Å². The third-order valence-electron chi connectivity index (χ3n) is 3.09. The second-order valence-electron chi connectivity index (χ2n) is 5.06. The predicted octanol–water partition coefficient (Wildman–Crippen LogP) is -0.263. The van der Waals surface area contributed by atoms with Gasteiger partial charge < -0.3 is 15.5 Å². The standard InChI is InChI=1S/C13H25N7O/c1-6-10(2)18-13(15-8-12(21)19(3)4)14-7-11-16-9-17-20(11)5/h9-10H,6-8H2,1-5H3,(H2,14,15,18). The Labute approximate surface area is 125 Å². The minimum Gasteiger partial charge on any atom is -0.354 e. The minimum atomic E-state index is -0.00712. The maximum absolute atomic E-state index is 11.6. The van der Waals surface area contributed by atoms with Crippen LogP contribution in [0.1, 0.15) is 26.1 Å². The molecule has 0 aromatic carbocycles. The van der Waals surface area contributed by atoms with Crippen LogP contribution in [0.4, 0.5) is 0 Å². The number of carbonyl (C=O) groups excluding carboxylic acids is 1. The van der Waals surface area contributed by atoms with Crippen molar-refractivity contribution in [3.05, 3.63) is 12.2 Å². The molecule has 1 heterocycles. The summed E-state index contributed by atoms with van der Waals surface area (Å²) < 4.78 is 1.68. The molecule has 1 amide bonds. The molecule has 8 heteroatoms. The summed E-state index contributed by atoms with van der Waals surface area (Å²) in [5, 5.41) is 10.3. The molecule has 0 radical (unpaired) electrons. The minimum absolute atomic E-state index is 0.00712. The van der Waals surface area contributed by atoms with E-state index in [0.717, 1.165) is 12.2 Å². The molecular weight excluding hydrogens is 270 g/mol. The highest BCUT2D eigenvalue weighted by Gasteiger charge is 2.08. The molecule has 21 heavy (non-hydrogen) atoms. The van der Waals surface area contributed by atoms with Crippen LogP contribution in [-0.2, 0) is 18.4 Å². The summed E-state index contributed by atoms with van der Waals surface area (Å²) >= 11 is 0. The molecule has 8 nitrogen and oxygen atoms in total. The van der Waals surface area contributed by atoms with E-state index < -0.39 is 0 Å². The summed E-state index contributed by atoms with van der Waals surface area (Å²) in [6, 6.07) is 0.269. The van der Waals surface area contributed by atoms with Crippen molar-refractivity contribution in [3.63, 3.8) is 0 Å². The lowest BCUT2D eigenvalue weighted by Crippen LogP contribution is -2.45. The van der Waals surface area contributed by atoms with Crippen LogP contribution in [0.2, 0.25) is 0 Å². The van der Waals surface area contributed by atoms with E-state index in [1.807, 2.05) is 7.05 Å². The van der Waals surface area contributed by atoms with Gasteiger partial charge in [-0.05, 0) is 13.3 Å². The van der Waals surface area contributed by atoms with Gasteiger partial charge in [-0.3, -0.25) is 9.48 Å². The molecule has 0 saturated heterocycles. The first-order valence-corrected chi connectivity index (χ1v) is 7.01. The number of carbonyl (C=O) groups is 1. The molecule has 1 unspecified atom stereocenters. The number of guanidine groups is 1. The Morgan fingerprint density at radius 1 is 1.52 bits per heavy atom. The van der Waals surface area contributed by atoms with Crippen molar-refractivity contribution < 1.29 is 4.79 Å². The molecule has 0 fully saturated rings. The van der Waals surface area contributed by atoms with Crippen LogP contribution < -0.4 is 10.6 Å². The fourth-order valence-corrected chi connectivity index (χ4v) is 1.42. The van der Waals surface area contributed by atoms with Crippen molar-refractivity contribution in [2.24, 2.45) is 12.0 Å². The van der Waals surface area contributed by atoms with E-state index >= 15 is 0 Å². The highest BCUT2D eigenvalue weighted by Crippen LogP contribution is 1.94. The zero-order chi connectivity index (χ0) is 15.8. The average molecular weight is 295 g/mol. The first-order chi connectivity index (χ1) is 9.93. The lowest BCUT2D eigenvalue weighted by molar-refractivity contribution is -0.127. The summed E-state index contributed by atoms with van der Waals surface area (Å²) in [5.41, 5.74) is 0. The number of aliphatic imine (C=N–C) groups is 1. The van der Waals surface area contributed by atoms with Gasteiger partial charge in [0.2, 0.25) is 5.91 Å². The molecule has 118 valence electrons. The van der Waals surface area contributed by atoms with Gasteiger partial charge in [-0.25, -0.2) is 9.98 Å². The van der Waals surface area contributed by atoms with Gasteiger partial charge in [-0.2, -0.15) is 5.10 Å². The molecule has 1 aromatic heterocycles. The normalized spacial score (nSPS) is 12.9. The predicted molar refractivity (Wildman–Crippen MR) is 81.7 cm³/mol. The maximum Gasteiger partial charge on any atom is 0.241 e. The van der Waals surface area contributed by atoms with Crippen LogP contribution >= 0.6 is 0 Å². The first kappa shape index (κ1) is 16.9. The van der Waals surface area contributed by atoms with E-state index in [0.29, 0.717) is 12.5 Å². The number of hydrogen-bond donors (Lipinski definition) is 2. The van der Waals surface area contributed by atoms with Crippen molar-refractivity contribution >= 4 is 11.9 Å². The Kier molecular flexibility index (Phi) is 6.64. The lowest BCUT2D eigenvalue weighted by atomic mass is 10.3. The average Bonchev–Trinajstić information content (AvgIpc) is 2.86. The first-order valence-electron chi connectivity index (χ1n) is 7.01. The number of aromatic nitrogens is 3. The fraction of sp³-hybridized carbons (Fsp3) is 0.692. The van der Waals surface area contributed by atoms with Crippen molar-refractivity contribution in [1.82, 2.24) is 30.3 Å².